The van der Waals surface area contributed by atoms with E-state index in [1.807, 2.05) is 0 Å². The van der Waals surface area contributed by atoms with Gasteiger partial charge in [0.2, 0.25) is 0 Å². The summed E-state index contributed by atoms with van der Waals surface area (Å²) in [5.74, 6) is 0. The fourth-order valence-corrected chi connectivity index (χ4v) is 1.83. The first-order chi connectivity index (χ1) is 8.77. The summed E-state index contributed by atoms with van der Waals surface area (Å²) < 4.78 is 5.99. The van der Waals surface area contributed by atoms with Crippen molar-refractivity contribution in [2.24, 2.45) is 0 Å². The van der Waals surface area contributed by atoms with Crippen LogP contribution in [-0.2, 0) is 4.74 Å². The van der Waals surface area contributed by atoms with Crippen molar-refractivity contribution < 1.29 is 4.74 Å². The maximum absolute atomic E-state index is 5.99. The third-order valence-corrected chi connectivity index (χ3v) is 3.02. The Kier molecular flexibility index (Phi) is 7.70. The second-order valence-corrected chi connectivity index (χ2v) is 4.83. The molecule has 1 atom stereocenters. The molecular formula is C16H27NO. The Labute approximate surface area is 112 Å². The molecule has 2 nitrogen and oxygen atoms in total. The van der Waals surface area contributed by atoms with Gasteiger partial charge in [-0.3, -0.25) is 0 Å². The molecule has 2 heteroatoms. The smallest absolute Gasteiger partial charge is 0.0949 e. The summed E-state index contributed by atoms with van der Waals surface area (Å²) in [6, 6.07) is 8.68. The van der Waals surface area contributed by atoms with Crippen LogP contribution in [-0.4, -0.2) is 19.7 Å². The molecule has 1 unspecified atom stereocenters. The lowest BCUT2D eigenvalue weighted by atomic mass is 10.1. The van der Waals surface area contributed by atoms with Gasteiger partial charge in [-0.05, 0) is 31.9 Å². The van der Waals surface area contributed by atoms with Crippen LogP contribution in [0.15, 0.2) is 24.3 Å². The standard InChI is InChI=1S/C16H27NO/c1-4-6-12-18-16(13-17-11-5-2)15-9-7-14(3)8-10-15/h7-10,16-17H,4-6,11-13H2,1-3H3. The minimum atomic E-state index is 0.184. The van der Waals surface area contributed by atoms with Gasteiger partial charge in [0.15, 0.2) is 0 Å². The molecular weight excluding hydrogens is 222 g/mol. The van der Waals surface area contributed by atoms with Gasteiger partial charge in [-0.25, -0.2) is 0 Å². The third-order valence-electron chi connectivity index (χ3n) is 3.02. The van der Waals surface area contributed by atoms with E-state index in [2.05, 4.69) is 50.4 Å². The van der Waals surface area contributed by atoms with Crippen LogP contribution >= 0.6 is 0 Å². The Morgan fingerprint density at radius 1 is 1.11 bits per heavy atom. The van der Waals surface area contributed by atoms with Crippen molar-refractivity contribution in [2.45, 2.75) is 46.1 Å². The number of aryl methyl sites for hydroxylation is 1. The van der Waals surface area contributed by atoms with Gasteiger partial charge in [0, 0.05) is 13.2 Å². The normalized spacial score (nSPS) is 12.6. The highest BCUT2D eigenvalue weighted by Gasteiger charge is 2.10. The summed E-state index contributed by atoms with van der Waals surface area (Å²) in [6.07, 6.45) is 3.66. The first-order valence-electron chi connectivity index (χ1n) is 7.16. The fraction of sp³-hybridized carbons (Fsp3) is 0.625. The lowest BCUT2D eigenvalue weighted by Gasteiger charge is -2.19. The lowest BCUT2D eigenvalue weighted by molar-refractivity contribution is 0.0508. The highest BCUT2D eigenvalue weighted by molar-refractivity contribution is 5.23. The summed E-state index contributed by atoms with van der Waals surface area (Å²) in [7, 11) is 0. The van der Waals surface area contributed by atoms with E-state index in [-0.39, 0.29) is 6.10 Å². The van der Waals surface area contributed by atoms with Crippen LogP contribution in [0.3, 0.4) is 0 Å². The molecule has 18 heavy (non-hydrogen) atoms. The second-order valence-electron chi connectivity index (χ2n) is 4.83. The molecule has 1 N–H and O–H groups in total. The van der Waals surface area contributed by atoms with Crippen LogP contribution in [0.4, 0.5) is 0 Å². The molecule has 102 valence electrons. The van der Waals surface area contributed by atoms with Gasteiger partial charge in [-0.15, -0.1) is 0 Å². The maximum Gasteiger partial charge on any atom is 0.0949 e. The number of rotatable bonds is 9. The van der Waals surface area contributed by atoms with Crippen molar-refractivity contribution in [3.8, 4) is 0 Å². The van der Waals surface area contributed by atoms with Crippen LogP contribution < -0.4 is 5.32 Å². The van der Waals surface area contributed by atoms with Gasteiger partial charge < -0.3 is 10.1 Å². The van der Waals surface area contributed by atoms with Crippen molar-refractivity contribution in [2.75, 3.05) is 19.7 Å². The Morgan fingerprint density at radius 3 is 2.44 bits per heavy atom. The predicted molar refractivity (Wildman–Crippen MR) is 77.9 cm³/mol. The summed E-state index contributed by atoms with van der Waals surface area (Å²) in [5.41, 5.74) is 2.58. The average molecular weight is 249 g/mol. The Morgan fingerprint density at radius 2 is 1.83 bits per heavy atom. The molecule has 0 aliphatic heterocycles. The molecule has 1 rings (SSSR count). The summed E-state index contributed by atoms with van der Waals surface area (Å²) in [6.45, 7) is 9.31. The minimum absolute atomic E-state index is 0.184. The molecule has 0 spiro atoms. The summed E-state index contributed by atoms with van der Waals surface area (Å²) in [4.78, 5) is 0. The van der Waals surface area contributed by atoms with Crippen molar-refractivity contribution in [3.63, 3.8) is 0 Å². The largest absolute Gasteiger partial charge is 0.372 e. The molecule has 0 aliphatic rings. The Hall–Kier alpha value is -0.860. The monoisotopic (exact) mass is 249 g/mol. The first kappa shape index (κ1) is 15.2. The van der Waals surface area contributed by atoms with E-state index in [0.29, 0.717) is 0 Å². The zero-order chi connectivity index (χ0) is 13.2. The molecule has 0 fully saturated rings. The molecule has 0 heterocycles. The van der Waals surface area contributed by atoms with E-state index in [4.69, 9.17) is 4.74 Å². The van der Waals surface area contributed by atoms with E-state index >= 15 is 0 Å². The highest BCUT2D eigenvalue weighted by atomic mass is 16.5. The third kappa shape index (κ3) is 5.65. The molecule has 0 amide bonds. The van der Waals surface area contributed by atoms with Gasteiger partial charge in [0.05, 0.1) is 6.10 Å². The molecule has 1 aromatic carbocycles. The minimum Gasteiger partial charge on any atom is -0.372 e. The highest BCUT2D eigenvalue weighted by Crippen LogP contribution is 2.17. The van der Waals surface area contributed by atoms with Crippen molar-refractivity contribution >= 4 is 0 Å². The van der Waals surface area contributed by atoms with Gasteiger partial charge in [-0.2, -0.15) is 0 Å². The number of unbranched alkanes of at least 4 members (excludes halogenated alkanes) is 1. The van der Waals surface area contributed by atoms with Crippen LogP contribution in [0.2, 0.25) is 0 Å². The van der Waals surface area contributed by atoms with Crippen molar-refractivity contribution in [1.82, 2.24) is 5.32 Å². The van der Waals surface area contributed by atoms with Crippen LogP contribution in [0, 0.1) is 6.92 Å². The number of hydrogen-bond donors (Lipinski definition) is 1. The average Bonchev–Trinajstić information content (AvgIpc) is 2.38. The topological polar surface area (TPSA) is 21.3 Å². The molecule has 1 aromatic rings. The molecule has 0 aromatic heterocycles. The fourth-order valence-electron chi connectivity index (χ4n) is 1.83. The Bertz CT molecular complexity index is 297. The number of ether oxygens (including phenoxy) is 1. The van der Waals surface area contributed by atoms with Gasteiger partial charge in [-0.1, -0.05) is 50.1 Å². The summed E-state index contributed by atoms with van der Waals surface area (Å²) in [5, 5.41) is 3.45. The lowest BCUT2D eigenvalue weighted by Crippen LogP contribution is -2.24. The molecule has 0 radical (unpaired) electrons. The molecule has 0 aliphatic carbocycles. The van der Waals surface area contributed by atoms with E-state index < -0.39 is 0 Å². The molecule has 0 bridgehead atoms. The van der Waals surface area contributed by atoms with E-state index in [0.717, 1.165) is 32.5 Å². The van der Waals surface area contributed by atoms with Crippen LogP contribution in [0.5, 0.6) is 0 Å². The Balaban J connectivity index is 2.54. The van der Waals surface area contributed by atoms with Crippen molar-refractivity contribution in [3.05, 3.63) is 35.4 Å². The van der Waals surface area contributed by atoms with Gasteiger partial charge in [0.1, 0.15) is 0 Å². The first-order valence-corrected chi connectivity index (χ1v) is 7.16. The SMILES string of the molecule is CCCCOC(CNCCC)c1ccc(C)cc1. The predicted octanol–water partition coefficient (Wildman–Crippen LogP) is 3.85. The molecule has 0 saturated carbocycles. The van der Waals surface area contributed by atoms with E-state index in [1.54, 1.807) is 0 Å². The number of nitrogens with one attached hydrogen (secondary N) is 1. The zero-order valence-electron chi connectivity index (χ0n) is 12.0. The van der Waals surface area contributed by atoms with E-state index in [1.165, 1.54) is 17.5 Å². The number of hydrogen-bond acceptors (Lipinski definition) is 2. The van der Waals surface area contributed by atoms with E-state index in [9.17, 15) is 0 Å². The van der Waals surface area contributed by atoms with Gasteiger partial charge in [0.25, 0.3) is 0 Å². The van der Waals surface area contributed by atoms with Gasteiger partial charge >= 0.3 is 0 Å². The maximum atomic E-state index is 5.99. The molecule has 0 saturated heterocycles. The van der Waals surface area contributed by atoms with Crippen LogP contribution in [0.25, 0.3) is 0 Å². The summed E-state index contributed by atoms with van der Waals surface area (Å²) >= 11 is 0. The quantitative estimate of drug-likeness (QED) is 0.671. The van der Waals surface area contributed by atoms with Crippen molar-refractivity contribution in [1.29, 1.82) is 0 Å². The second kappa shape index (κ2) is 9.12. The number of benzene rings is 1. The van der Waals surface area contributed by atoms with Crippen LogP contribution in [0.1, 0.15) is 50.3 Å². The zero-order valence-corrected chi connectivity index (χ0v) is 12.0.